The van der Waals surface area contributed by atoms with Crippen LogP contribution in [0, 0.1) is 0 Å². The maximum Gasteiger partial charge on any atom is 0.417 e. The van der Waals surface area contributed by atoms with E-state index in [4.69, 9.17) is 21.1 Å². The summed E-state index contributed by atoms with van der Waals surface area (Å²) in [6, 6.07) is 31.9. The van der Waals surface area contributed by atoms with Crippen LogP contribution in [-0.4, -0.2) is 61.2 Å². The second-order valence-corrected chi connectivity index (χ2v) is 12.3. The van der Waals surface area contributed by atoms with E-state index < -0.39 is 11.7 Å². The summed E-state index contributed by atoms with van der Waals surface area (Å²) in [6.07, 6.45) is -3.64. The number of halogens is 4. The predicted molar refractivity (Wildman–Crippen MR) is 179 cm³/mol. The Kier molecular flexibility index (Phi) is 12.0. The summed E-state index contributed by atoms with van der Waals surface area (Å²) >= 11 is 6.39. The highest BCUT2D eigenvalue weighted by atomic mass is 35.5. The van der Waals surface area contributed by atoms with Crippen molar-refractivity contribution in [2.75, 3.05) is 39.5 Å². The minimum atomic E-state index is -4.55. The second kappa shape index (κ2) is 16.3. The SMILES string of the molecule is C[C@H](CCOc1cccc(CC(=O)N2CCOCC2)c1)N(Cc1cccc(C(F)(F)F)c1Cl)CC(c1ccccc1)c1ccccc1. The molecule has 0 unspecified atom stereocenters. The van der Waals surface area contributed by atoms with Gasteiger partial charge in [0.2, 0.25) is 5.91 Å². The highest BCUT2D eigenvalue weighted by Crippen LogP contribution is 2.37. The maximum atomic E-state index is 13.8. The van der Waals surface area contributed by atoms with Gasteiger partial charge in [-0.15, -0.1) is 0 Å². The van der Waals surface area contributed by atoms with Gasteiger partial charge in [-0.25, -0.2) is 0 Å². The Hall–Kier alpha value is -3.85. The fourth-order valence-corrected chi connectivity index (χ4v) is 6.22. The van der Waals surface area contributed by atoms with E-state index in [9.17, 15) is 18.0 Å². The standard InChI is InChI=1S/C38H40ClF3N2O3/c1-28(18-21-47-33-16-8-10-29(24-33)25-36(45)43-19-22-46-23-20-43)44(26-32-15-9-17-35(37(32)39)38(40,41)42)27-34(30-11-4-2-5-12-30)31-13-6-3-7-14-31/h2-17,24,28,34H,18-23,25-27H2,1H3/t28-/m1/s1. The van der Waals surface area contributed by atoms with Crippen molar-refractivity contribution in [1.82, 2.24) is 9.80 Å². The van der Waals surface area contributed by atoms with Crippen LogP contribution in [0.25, 0.3) is 0 Å². The van der Waals surface area contributed by atoms with Gasteiger partial charge in [0.05, 0.1) is 36.8 Å². The van der Waals surface area contributed by atoms with Crippen LogP contribution in [0.5, 0.6) is 5.75 Å². The minimum absolute atomic E-state index is 0.0222. The number of hydrogen-bond donors (Lipinski definition) is 0. The highest BCUT2D eigenvalue weighted by molar-refractivity contribution is 6.32. The van der Waals surface area contributed by atoms with Gasteiger partial charge in [-0.3, -0.25) is 9.69 Å². The lowest BCUT2D eigenvalue weighted by molar-refractivity contribution is -0.137. The molecule has 0 N–H and O–H groups in total. The van der Waals surface area contributed by atoms with Crippen LogP contribution >= 0.6 is 11.6 Å². The number of nitrogens with zero attached hydrogens (tertiary/aromatic N) is 2. The zero-order valence-corrected chi connectivity index (χ0v) is 27.2. The van der Waals surface area contributed by atoms with E-state index in [1.165, 1.54) is 6.07 Å². The molecule has 1 amide bonds. The topological polar surface area (TPSA) is 42.0 Å². The summed E-state index contributed by atoms with van der Waals surface area (Å²) in [7, 11) is 0. The summed E-state index contributed by atoms with van der Waals surface area (Å²) in [5.41, 5.74) is 2.70. The first-order valence-corrected chi connectivity index (χ1v) is 16.3. The molecule has 0 saturated carbocycles. The van der Waals surface area contributed by atoms with Crippen LogP contribution < -0.4 is 4.74 Å². The molecule has 1 heterocycles. The second-order valence-electron chi connectivity index (χ2n) is 11.9. The normalized spacial score (nSPS) is 14.4. The number of morpholine rings is 1. The third-order valence-electron chi connectivity index (χ3n) is 8.62. The molecular formula is C38H40ClF3N2O3. The summed E-state index contributed by atoms with van der Waals surface area (Å²) in [6.45, 7) is 5.56. The van der Waals surface area contributed by atoms with Crippen molar-refractivity contribution in [1.29, 1.82) is 0 Å². The molecule has 0 radical (unpaired) electrons. The molecule has 248 valence electrons. The first kappa shape index (κ1) is 34.5. The molecule has 5 rings (SSSR count). The monoisotopic (exact) mass is 664 g/mol. The lowest BCUT2D eigenvalue weighted by atomic mass is 9.90. The van der Waals surface area contributed by atoms with Crippen molar-refractivity contribution >= 4 is 17.5 Å². The van der Waals surface area contributed by atoms with E-state index in [0.29, 0.717) is 63.6 Å². The van der Waals surface area contributed by atoms with E-state index in [1.807, 2.05) is 65.6 Å². The van der Waals surface area contributed by atoms with Crippen LogP contribution in [0.4, 0.5) is 13.2 Å². The smallest absolute Gasteiger partial charge is 0.417 e. The number of alkyl halides is 3. The highest BCUT2D eigenvalue weighted by Gasteiger charge is 2.34. The van der Waals surface area contributed by atoms with Crippen LogP contribution in [-0.2, 0) is 28.7 Å². The third kappa shape index (κ3) is 9.60. The summed E-state index contributed by atoms with van der Waals surface area (Å²) in [5.74, 6) is 0.712. The van der Waals surface area contributed by atoms with Crippen LogP contribution in [0.15, 0.2) is 103 Å². The van der Waals surface area contributed by atoms with E-state index in [2.05, 4.69) is 36.1 Å². The van der Waals surface area contributed by atoms with Gasteiger partial charge in [0.1, 0.15) is 5.75 Å². The van der Waals surface area contributed by atoms with Crippen molar-refractivity contribution in [2.24, 2.45) is 0 Å². The van der Waals surface area contributed by atoms with Gasteiger partial charge >= 0.3 is 6.18 Å². The van der Waals surface area contributed by atoms with Crippen LogP contribution in [0.2, 0.25) is 5.02 Å². The fourth-order valence-electron chi connectivity index (χ4n) is 5.92. The molecule has 47 heavy (non-hydrogen) atoms. The maximum absolute atomic E-state index is 13.8. The Morgan fingerprint density at radius 3 is 2.19 bits per heavy atom. The Morgan fingerprint density at radius 1 is 0.915 bits per heavy atom. The first-order valence-electron chi connectivity index (χ1n) is 15.9. The van der Waals surface area contributed by atoms with Gasteiger partial charge in [-0.2, -0.15) is 13.2 Å². The molecule has 4 aromatic rings. The Bertz CT molecular complexity index is 1540. The molecule has 1 atom stereocenters. The molecule has 1 aliphatic heterocycles. The zero-order valence-electron chi connectivity index (χ0n) is 26.5. The Morgan fingerprint density at radius 2 is 1.55 bits per heavy atom. The lowest BCUT2D eigenvalue weighted by Crippen LogP contribution is -2.41. The average molecular weight is 665 g/mol. The van der Waals surface area contributed by atoms with Gasteiger partial charge < -0.3 is 14.4 Å². The van der Waals surface area contributed by atoms with Crippen molar-refractivity contribution < 1.29 is 27.4 Å². The number of carbonyl (C=O) groups excluding carboxylic acids is 1. The molecule has 0 spiro atoms. The van der Waals surface area contributed by atoms with E-state index in [1.54, 1.807) is 6.07 Å². The molecule has 1 fully saturated rings. The minimum Gasteiger partial charge on any atom is -0.494 e. The Labute approximate surface area is 279 Å². The molecule has 4 aromatic carbocycles. The lowest BCUT2D eigenvalue weighted by Gasteiger charge is -2.34. The quantitative estimate of drug-likeness (QED) is 0.144. The van der Waals surface area contributed by atoms with Crippen LogP contribution in [0.3, 0.4) is 0 Å². The average Bonchev–Trinajstić information content (AvgIpc) is 3.08. The molecule has 0 aliphatic carbocycles. The zero-order chi connectivity index (χ0) is 33.2. The van der Waals surface area contributed by atoms with Gasteiger partial charge in [0.15, 0.2) is 0 Å². The molecule has 0 aromatic heterocycles. The van der Waals surface area contributed by atoms with Crippen molar-refractivity contribution in [3.63, 3.8) is 0 Å². The predicted octanol–water partition coefficient (Wildman–Crippen LogP) is 8.25. The number of rotatable bonds is 13. The largest absolute Gasteiger partial charge is 0.494 e. The summed E-state index contributed by atoms with van der Waals surface area (Å²) < 4.78 is 52.8. The first-order chi connectivity index (χ1) is 22.7. The van der Waals surface area contributed by atoms with Crippen molar-refractivity contribution in [3.05, 3.63) is 136 Å². The van der Waals surface area contributed by atoms with Gasteiger partial charge in [0.25, 0.3) is 0 Å². The molecule has 1 aliphatic rings. The van der Waals surface area contributed by atoms with E-state index in [-0.39, 0.29) is 29.4 Å². The van der Waals surface area contributed by atoms with Crippen molar-refractivity contribution in [2.45, 2.75) is 44.4 Å². The van der Waals surface area contributed by atoms with Gasteiger partial charge in [0, 0.05) is 38.1 Å². The molecular weight excluding hydrogens is 625 g/mol. The summed E-state index contributed by atoms with van der Waals surface area (Å²) in [4.78, 5) is 16.8. The molecule has 5 nitrogen and oxygen atoms in total. The van der Waals surface area contributed by atoms with Crippen molar-refractivity contribution in [3.8, 4) is 5.75 Å². The summed E-state index contributed by atoms with van der Waals surface area (Å²) in [5, 5.41) is -0.270. The Balaban J connectivity index is 1.32. The van der Waals surface area contributed by atoms with Gasteiger partial charge in [-0.05, 0) is 53.8 Å². The third-order valence-corrected chi connectivity index (χ3v) is 9.07. The fraction of sp³-hybridized carbons (Fsp3) is 0.342. The number of carbonyl (C=O) groups is 1. The van der Waals surface area contributed by atoms with Crippen LogP contribution in [0.1, 0.15) is 47.1 Å². The number of amides is 1. The van der Waals surface area contributed by atoms with E-state index >= 15 is 0 Å². The number of benzene rings is 4. The van der Waals surface area contributed by atoms with Gasteiger partial charge in [-0.1, -0.05) is 96.5 Å². The molecule has 9 heteroatoms. The molecule has 1 saturated heterocycles. The number of hydrogen-bond acceptors (Lipinski definition) is 4. The number of ether oxygens (including phenoxy) is 2. The molecule has 0 bridgehead atoms. The van der Waals surface area contributed by atoms with E-state index in [0.717, 1.165) is 22.8 Å².